The Labute approximate surface area is 198 Å². The minimum atomic E-state index is -0.528. The first-order valence-electron chi connectivity index (χ1n) is 12.1. The summed E-state index contributed by atoms with van der Waals surface area (Å²) in [5.41, 5.74) is 2.29. The maximum atomic E-state index is 13.4. The van der Waals surface area contributed by atoms with E-state index in [0.29, 0.717) is 18.7 Å². The molecule has 5 nitrogen and oxygen atoms in total. The van der Waals surface area contributed by atoms with Crippen LogP contribution in [0.25, 0.3) is 0 Å². The van der Waals surface area contributed by atoms with Gasteiger partial charge >= 0.3 is 5.97 Å². The Morgan fingerprint density at radius 1 is 1.09 bits per heavy atom. The zero-order valence-electron chi connectivity index (χ0n) is 20.4. The van der Waals surface area contributed by atoms with Crippen LogP contribution in [0, 0.1) is 0 Å². The monoisotopic (exact) mass is 451 g/mol. The van der Waals surface area contributed by atoms with Gasteiger partial charge in [-0.3, -0.25) is 9.59 Å². The molecule has 0 saturated carbocycles. The third kappa shape index (κ3) is 7.34. The molecule has 1 aliphatic rings. The molecule has 3 rings (SSSR count). The molecule has 2 aromatic carbocycles. The van der Waals surface area contributed by atoms with Gasteiger partial charge in [-0.2, -0.15) is 0 Å². The van der Waals surface area contributed by atoms with Gasteiger partial charge in [0.15, 0.2) is 0 Å². The average Bonchev–Trinajstić information content (AvgIpc) is 2.77. The van der Waals surface area contributed by atoms with Crippen LogP contribution >= 0.6 is 0 Å². The number of nitrogens with zero attached hydrogens (tertiary/aromatic N) is 1. The molecule has 0 fully saturated rings. The smallest absolute Gasteiger partial charge is 0.308 e. The van der Waals surface area contributed by atoms with Gasteiger partial charge in [0.1, 0.15) is 18.0 Å². The SMILES string of the molecule is CCCCCC(CC(=O)OC(C)(C)C)N1CCc2cc(OCc3ccccc3)ccc2C1=O. The van der Waals surface area contributed by atoms with E-state index in [1.807, 2.05) is 74.2 Å². The Hall–Kier alpha value is -2.82. The highest BCUT2D eigenvalue weighted by atomic mass is 16.6. The summed E-state index contributed by atoms with van der Waals surface area (Å²) in [4.78, 5) is 27.8. The molecule has 0 saturated heterocycles. The molecule has 178 valence electrons. The molecule has 0 N–H and O–H groups in total. The van der Waals surface area contributed by atoms with Gasteiger partial charge in [0.25, 0.3) is 5.91 Å². The molecule has 2 aromatic rings. The second-order valence-corrected chi connectivity index (χ2v) is 9.78. The van der Waals surface area contributed by atoms with E-state index in [4.69, 9.17) is 9.47 Å². The maximum absolute atomic E-state index is 13.4. The molecule has 0 spiro atoms. The number of hydrogen-bond acceptors (Lipinski definition) is 4. The van der Waals surface area contributed by atoms with Crippen molar-refractivity contribution in [3.05, 3.63) is 65.2 Å². The molecular formula is C28H37NO4. The van der Waals surface area contributed by atoms with Gasteiger partial charge in [-0.15, -0.1) is 0 Å². The van der Waals surface area contributed by atoms with Crippen molar-refractivity contribution in [2.24, 2.45) is 0 Å². The lowest BCUT2D eigenvalue weighted by Crippen LogP contribution is -2.46. The number of amides is 1. The van der Waals surface area contributed by atoms with E-state index in [0.717, 1.165) is 49.0 Å². The number of esters is 1. The van der Waals surface area contributed by atoms with E-state index in [9.17, 15) is 9.59 Å². The molecule has 1 atom stereocenters. The molecule has 0 aromatic heterocycles. The van der Waals surface area contributed by atoms with Crippen LogP contribution in [0.2, 0.25) is 0 Å². The molecule has 0 bridgehead atoms. The van der Waals surface area contributed by atoms with Gasteiger partial charge in [0, 0.05) is 18.2 Å². The fourth-order valence-electron chi connectivity index (χ4n) is 4.24. The standard InChI is InChI=1S/C28H37NO4/c1-5-6-8-13-23(19-26(30)33-28(2,3)4)29-17-16-22-18-24(14-15-25(22)27(29)31)32-20-21-11-9-7-10-12-21/h7,9-12,14-15,18,23H,5-6,8,13,16-17,19-20H2,1-4H3. The van der Waals surface area contributed by atoms with Crippen LogP contribution in [0.5, 0.6) is 5.75 Å². The molecule has 1 aliphatic heterocycles. The zero-order chi connectivity index (χ0) is 23.8. The van der Waals surface area contributed by atoms with Gasteiger partial charge in [-0.05, 0) is 62.9 Å². The van der Waals surface area contributed by atoms with E-state index < -0.39 is 5.60 Å². The lowest BCUT2D eigenvalue weighted by molar-refractivity contribution is -0.156. The molecule has 1 unspecified atom stereocenters. The molecule has 1 heterocycles. The summed E-state index contributed by atoms with van der Waals surface area (Å²) in [6.07, 6.45) is 4.98. The van der Waals surface area contributed by atoms with E-state index in [1.54, 1.807) is 0 Å². The topological polar surface area (TPSA) is 55.8 Å². The first kappa shape index (κ1) is 24.8. The van der Waals surface area contributed by atoms with Crippen molar-refractivity contribution in [2.45, 2.75) is 84.5 Å². The molecule has 5 heteroatoms. The second kappa shape index (κ2) is 11.4. The van der Waals surface area contributed by atoms with Gasteiger partial charge < -0.3 is 14.4 Å². The molecule has 33 heavy (non-hydrogen) atoms. The Morgan fingerprint density at radius 2 is 1.85 bits per heavy atom. The Balaban J connectivity index is 1.69. The highest BCUT2D eigenvalue weighted by Gasteiger charge is 2.32. The maximum Gasteiger partial charge on any atom is 0.308 e. The Kier molecular flexibility index (Phi) is 8.54. The Bertz CT molecular complexity index is 933. The zero-order valence-corrected chi connectivity index (χ0v) is 20.4. The average molecular weight is 452 g/mol. The number of carbonyl (C=O) groups excluding carboxylic acids is 2. The van der Waals surface area contributed by atoms with Crippen LogP contribution in [0.4, 0.5) is 0 Å². The number of rotatable bonds is 10. The van der Waals surface area contributed by atoms with E-state index >= 15 is 0 Å². The quantitative estimate of drug-likeness (QED) is 0.331. The number of benzene rings is 2. The number of carbonyl (C=O) groups is 2. The number of unbranched alkanes of at least 4 members (excludes halogenated alkanes) is 2. The Morgan fingerprint density at radius 3 is 2.55 bits per heavy atom. The van der Waals surface area contributed by atoms with Crippen molar-refractivity contribution in [2.75, 3.05) is 6.54 Å². The second-order valence-electron chi connectivity index (χ2n) is 9.78. The molecule has 0 radical (unpaired) electrons. The van der Waals surface area contributed by atoms with Crippen LogP contribution in [-0.2, 0) is 22.6 Å². The van der Waals surface area contributed by atoms with Crippen LogP contribution in [0.15, 0.2) is 48.5 Å². The predicted molar refractivity (Wildman–Crippen MR) is 130 cm³/mol. The van der Waals surface area contributed by atoms with Gasteiger partial charge in [0.05, 0.1) is 6.42 Å². The van der Waals surface area contributed by atoms with Crippen molar-refractivity contribution in [3.63, 3.8) is 0 Å². The van der Waals surface area contributed by atoms with Gasteiger partial charge in [-0.25, -0.2) is 0 Å². The summed E-state index contributed by atoms with van der Waals surface area (Å²) < 4.78 is 11.5. The van der Waals surface area contributed by atoms with Crippen LogP contribution in [-0.4, -0.2) is 35.0 Å². The molecule has 1 amide bonds. The molecular weight excluding hydrogens is 414 g/mol. The predicted octanol–water partition coefficient (Wildman–Crippen LogP) is 5.94. The van der Waals surface area contributed by atoms with Crippen molar-refractivity contribution in [1.82, 2.24) is 4.90 Å². The summed E-state index contributed by atoms with van der Waals surface area (Å²) in [6, 6.07) is 15.6. The van der Waals surface area contributed by atoms with E-state index in [1.165, 1.54) is 0 Å². The van der Waals surface area contributed by atoms with Gasteiger partial charge in [0.2, 0.25) is 0 Å². The van der Waals surface area contributed by atoms with Crippen molar-refractivity contribution in [1.29, 1.82) is 0 Å². The number of fused-ring (bicyclic) bond motifs is 1. The minimum absolute atomic E-state index is 0.00378. The largest absolute Gasteiger partial charge is 0.489 e. The first-order valence-corrected chi connectivity index (χ1v) is 12.1. The number of hydrogen-bond donors (Lipinski definition) is 0. The fourth-order valence-corrected chi connectivity index (χ4v) is 4.24. The lowest BCUT2D eigenvalue weighted by atomic mass is 9.95. The molecule has 0 aliphatic carbocycles. The van der Waals surface area contributed by atoms with Crippen molar-refractivity contribution in [3.8, 4) is 5.75 Å². The van der Waals surface area contributed by atoms with Crippen LogP contribution in [0.3, 0.4) is 0 Å². The van der Waals surface area contributed by atoms with Crippen molar-refractivity contribution >= 4 is 11.9 Å². The van der Waals surface area contributed by atoms with Gasteiger partial charge in [-0.1, -0.05) is 56.5 Å². The fraction of sp³-hybridized carbons (Fsp3) is 0.500. The lowest BCUT2D eigenvalue weighted by Gasteiger charge is -2.36. The minimum Gasteiger partial charge on any atom is -0.489 e. The summed E-state index contributed by atoms with van der Waals surface area (Å²) in [5.74, 6) is 0.523. The first-order chi connectivity index (χ1) is 15.8. The third-order valence-electron chi connectivity index (χ3n) is 5.84. The summed E-state index contributed by atoms with van der Waals surface area (Å²) in [5, 5.41) is 0. The normalized spacial score (nSPS) is 14.5. The van der Waals surface area contributed by atoms with Crippen molar-refractivity contribution < 1.29 is 19.1 Å². The van der Waals surface area contributed by atoms with E-state index in [-0.39, 0.29) is 24.3 Å². The highest BCUT2D eigenvalue weighted by molar-refractivity contribution is 5.97. The number of ether oxygens (including phenoxy) is 2. The summed E-state index contributed by atoms with van der Waals surface area (Å²) >= 11 is 0. The summed E-state index contributed by atoms with van der Waals surface area (Å²) in [6.45, 7) is 8.87. The van der Waals surface area contributed by atoms with E-state index in [2.05, 4.69) is 6.92 Å². The third-order valence-corrected chi connectivity index (χ3v) is 5.84. The highest BCUT2D eigenvalue weighted by Crippen LogP contribution is 2.28. The van der Waals surface area contributed by atoms with Crippen LogP contribution < -0.4 is 4.74 Å². The summed E-state index contributed by atoms with van der Waals surface area (Å²) in [7, 11) is 0. The van der Waals surface area contributed by atoms with Crippen LogP contribution in [0.1, 0.15) is 81.3 Å².